The summed E-state index contributed by atoms with van der Waals surface area (Å²) in [5.41, 5.74) is 5.36. The molecule has 0 aliphatic rings. The van der Waals surface area contributed by atoms with E-state index >= 15 is 0 Å². The molecule has 0 fully saturated rings. The fourth-order valence-corrected chi connectivity index (χ4v) is 0.941. The monoisotopic (exact) mass is 218 g/mol. The van der Waals surface area contributed by atoms with Gasteiger partial charge in [0.25, 0.3) is 5.56 Å². The Hall–Kier alpha value is -1.33. The highest BCUT2D eigenvalue weighted by atomic mass is 35.5. The Balaban J connectivity index is 0.00000169. The molecule has 0 aromatic carbocycles. The second-order valence-electron chi connectivity index (χ2n) is 2.67. The Bertz CT molecular complexity index is 364. The molecule has 0 aliphatic carbocycles. The number of aromatic amines is 1. The minimum atomic E-state index is -1.11. The van der Waals surface area contributed by atoms with E-state index in [1.54, 1.807) is 12.1 Å². The lowest BCUT2D eigenvalue weighted by atomic mass is 10.1. The van der Waals surface area contributed by atoms with Crippen molar-refractivity contribution in [3.8, 4) is 0 Å². The molecule has 14 heavy (non-hydrogen) atoms. The summed E-state index contributed by atoms with van der Waals surface area (Å²) in [6.45, 7) is 0. The zero-order chi connectivity index (χ0) is 9.84. The van der Waals surface area contributed by atoms with E-state index in [0.717, 1.165) is 0 Å². The second-order valence-corrected chi connectivity index (χ2v) is 2.67. The summed E-state index contributed by atoms with van der Waals surface area (Å²) in [6.07, 6.45) is 1.53. The molecule has 0 saturated heterocycles. The van der Waals surface area contributed by atoms with Gasteiger partial charge in [-0.3, -0.25) is 9.59 Å². The number of hydrogen-bond acceptors (Lipinski definition) is 3. The van der Waals surface area contributed by atoms with Gasteiger partial charge in [-0.15, -0.1) is 12.4 Å². The zero-order valence-corrected chi connectivity index (χ0v) is 8.08. The van der Waals surface area contributed by atoms with Crippen LogP contribution in [0, 0.1) is 0 Å². The summed E-state index contributed by atoms with van der Waals surface area (Å²) >= 11 is 0. The molecule has 0 radical (unpaired) electrons. The number of halogens is 1. The minimum Gasteiger partial charge on any atom is -0.480 e. The highest BCUT2D eigenvalue weighted by Gasteiger charge is 2.13. The Morgan fingerprint density at radius 1 is 1.64 bits per heavy atom. The number of carboxylic acids is 1. The van der Waals surface area contributed by atoms with Crippen molar-refractivity contribution in [2.24, 2.45) is 5.73 Å². The molecular formula is C8H11ClN2O3. The van der Waals surface area contributed by atoms with Crippen LogP contribution in [0.2, 0.25) is 0 Å². The van der Waals surface area contributed by atoms with Gasteiger partial charge in [0.2, 0.25) is 0 Å². The molecule has 6 heteroatoms. The first-order valence-electron chi connectivity index (χ1n) is 3.76. The Morgan fingerprint density at radius 2 is 2.29 bits per heavy atom. The Labute approximate surface area is 86.4 Å². The van der Waals surface area contributed by atoms with Crippen LogP contribution in [0.25, 0.3) is 0 Å². The number of nitrogens with two attached hydrogens (primary N) is 1. The zero-order valence-electron chi connectivity index (χ0n) is 7.27. The summed E-state index contributed by atoms with van der Waals surface area (Å²) in [5.74, 6) is -1.11. The van der Waals surface area contributed by atoms with Crippen molar-refractivity contribution >= 4 is 18.4 Å². The number of H-pyrrole nitrogens is 1. The van der Waals surface area contributed by atoms with Crippen molar-refractivity contribution in [2.45, 2.75) is 12.5 Å². The average Bonchev–Trinajstić information content (AvgIpc) is 2.08. The highest BCUT2D eigenvalue weighted by molar-refractivity contribution is 5.85. The fourth-order valence-electron chi connectivity index (χ4n) is 0.941. The first-order chi connectivity index (χ1) is 6.11. The standard InChI is InChI=1S/C8H10N2O3.ClH/c9-6(8(12)13)4-5-2-1-3-10-7(5)11;/h1-3,6H,4,9H2,(H,10,11)(H,12,13);1H/t6-;/m0./s1. The van der Waals surface area contributed by atoms with Gasteiger partial charge in [-0.1, -0.05) is 6.07 Å². The van der Waals surface area contributed by atoms with E-state index < -0.39 is 12.0 Å². The van der Waals surface area contributed by atoms with Crippen LogP contribution in [-0.4, -0.2) is 22.1 Å². The van der Waals surface area contributed by atoms with Gasteiger partial charge in [-0.2, -0.15) is 0 Å². The van der Waals surface area contributed by atoms with Crippen LogP contribution in [0.4, 0.5) is 0 Å². The van der Waals surface area contributed by atoms with Gasteiger partial charge in [0.15, 0.2) is 0 Å². The van der Waals surface area contributed by atoms with Crippen LogP contribution in [0.5, 0.6) is 0 Å². The third-order valence-corrected chi connectivity index (χ3v) is 1.66. The lowest BCUT2D eigenvalue weighted by molar-refractivity contribution is -0.138. The van der Waals surface area contributed by atoms with Gasteiger partial charge in [-0.05, 0) is 6.07 Å². The summed E-state index contributed by atoms with van der Waals surface area (Å²) in [4.78, 5) is 23.9. The number of aliphatic carboxylic acids is 1. The molecule has 1 rings (SSSR count). The summed E-state index contributed by atoms with van der Waals surface area (Å²) in [7, 11) is 0. The van der Waals surface area contributed by atoms with Gasteiger partial charge in [0.1, 0.15) is 6.04 Å². The smallest absolute Gasteiger partial charge is 0.320 e. The lowest BCUT2D eigenvalue weighted by Gasteiger charge is -2.04. The van der Waals surface area contributed by atoms with E-state index in [9.17, 15) is 9.59 Å². The Morgan fingerprint density at radius 3 is 2.79 bits per heavy atom. The van der Waals surface area contributed by atoms with E-state index in [1.807, 2.05) is 0 Å². The maximum absolute atomic E-state index is 11.1. The van der Waals surface area contributed by atoms with E-state index in [4.69, 9.17) is 10.8 Å². The van der Waals surface area contributed by atoms with Gasteiger partial charge >= 0.3 is 5.97 Å². The van der Waals surface area contributed by atoms with Crippen LogP contribution in [0.1, 0.15) is 5.56 Å². The fraction of sp³-hybridized carbons (Fsp3) is 0.250. The molecule has 1 aromatic heterocycles. The second kappa shape index (κ2) is 5.41. The largest absolute Gasteiger partial charge is 0.480 e. The summed E-state index contributed by atoms with van der Waals surface area (Å²) < 4.78 is 0. The Kier molecular flexibility index (Phi) is 4.90. The molecule has 0 aliphatic heterocycles. The number of carbonyl (C=O) groups is 1. The SMILES string of the molecule is Cl.N[C@@H](Cc1ccc[nH]c1=O)C(=O)O. The van der Waals surface area contributed by atoms with E-state index in [2.05, 4.69) is 4.98 Å². The first kappa shape index (κ1) is 12.7. The van der Waals surface area contributed by atoms with Crippen molar-refractivity contribution in [3.05, 3.63) is 34.2 Å². The molecule has 1 atom stereocenters. The molecular weight excluding hydrogens is 208 g/mol. The van der Waals surface area contributed by atoms with Crippen LogP contribution in [0.15, 0.2) is 23.1 Å². The molecule has 0 unspecified atom stereocenters. The van der Waals surface area contributed by atoms with Crippen molar-refractivity contribution < 1.29 is 9.90 Å². The predicted octanol–water partition coefficient (Wildman–Crippen LogP) is -0.249. The third-order valence-electron chi connectivity index (χ3n) is 1.66. The highest BCUT2D eigenvalue weighted by Crippen LogP contribution is 1.94. The average molecular weight is 219 g/mol. The molecule has 0 saturated carbocycles. The third kappa shape index (κ3) is 3.20. The van der Waals surface area contributed by atoms with Gasteiger partial charge < -0.3 is 15.8 Å². The van der Waals surface area contributed by atoms with E-state index in [1.165, 1.54) is 6.20 Å². The number of nitrogens with one attached hydrogen (secondary N) is 1. The van der Waals surface area contributed by atoms with Crippen LogP contribution in [0.3, 0.4) is 0 Å². The van der Waals surface area contributed by atoms with Gasteiger partial charge in [0.05, 0.1) is 0 Å². The number of aromatic nitrogens is 1. The number of pyridine rings is 1. The molecule has 1 heterocycles. The van der Waals surface area contributed by atoms with Gasteiger partial charge in [-0.25, -0.2) is 0 Å². The minimum absolute atomic E-state index is 0. The molecule has 0 spiro atoms. The molecule has 78 valence electrons. The maximum atomic E-state index is 11.1. The molecule has 5 nitrogen and oxygen atoms in total. The van der Waals surface area contributed by atoms with Crippen molar-refractivity contribution in [1.82, 2.24) is 4.98 Å². The quantitative estimate of drug-likeness (QED) is 0.652. The van der Waals surface area contributed by atoms with Crippen LogP contribution >= 0.6 is 12.4 Å². The van der Waals surface area contributed by atoms with Crippen molar-refractivity contribution in [3.63, 3.8) is 0 Å². The number of rotatable bonds is 3. The topological polar surface area (TPSA) is 96.2 Å². The van der Waals surface area contributed by atoms with Crippen molar-refractivity contribution in [1.29, 1.82) is 0 Å². The van der Waals surface area contributed by atoms with E-state index in [-0.39, 0.29) is 24.4 Å². The molecule has 1 aromatic rings. The van der Waals surface area contributed by atoms with Crippen LogP contribution < -0.4 is 11.3 Å². The molecule has 0 amide bonds. The number of hydrogen-bond donors (Lipinski definition) is 3. The van der Waals surface area contributed by atoms with Crippen molar-refractivity contribution in [2.75, 3.05) is 0 Å². The van der Waals surface area contributed by atoms with E-state index in [0.29, 0.717) is 5.56 Å². The molecule has 4 N–H and O–H groups in total. The lowest BCUT2D eigenvalue weighted by Crippen LogP contribution is -2.34. The summed E-state index contributed by atoms with van der Waals surface area (Å²) in [5, 5.41) is 8.50. The summed E-state index contributed by atoms with van der Waals surface area (Å²) in [6, 6.07) is 2.16. The predicted molar refractivity (Wildman–Crippen MR) is 53.6 cm³/mol. The van der Waals surface area contributed by atoms with Crippen LogP contribution in [-0.2, 0) is 11.2 Å². The normalized spacial score (nSPS) is 11.5. The first-order valence-corrected chi connectivity index (χ1v) is 3.76. The van der Waals surface area contributed by atoms with Gasteiger partial charge in [0, 0.05) is 18.2 Å². The molecule has 0 bridgehead atoms. The maximum Gasteiger partial charge on any atom is 0.320 e. The number of carboxylic acid groups (broad SMARTS) is 1.